The van der Waals surface area contributed by atoms with Gasteiger partial charge in [0.1, 0.15) is 5.82 Å². The van der Waals surface area contributed by atoms with Gasteiger partial charge >= 0.3 is 0 Å². The van der Waals surface area contributed by atoms with Crippen LogP contribution in [0.1, 0.15) is 32.9 Å². The molecule has 0 saturated heterocycles. The van der Waals surface area contributed by atoms with Crippen molar-refractivity contribution < 1.29 is 9.18 Å². The minimum Gasteiger partial charge on any atom is -0.348 e. The van der Waals surface area contributed by atoms with Crippen molar-refractivity contribution in [1.82, 2.24) is 20.1 Å². The van der Waals surface area contributed by atoms with Crippen LogP contribution in [0.4, 0.5) is 4.39 Å². The van der Waals surface area contributed by atoms with Gasteiger partial charge in [0.25, 0.3) is 5.91 Å². The van der Waals surface area contributed by atoms with Crippen LogP contribution >= 0.6 is 11.6 Å². The third-order valence-corrected chi connectivity index (χ3v) is 5.43. The molecule has 0 saturated carbocycles. The quantitative estimate of drug-likeness (QED) is 0.499. The van der Waals surface area contributed by atoms with Gasteiger partial charge in [0.2, 0.25) is 0 Å². The number of pyridine rings is 1. The number of halogens is 2. The van der Waals surface area contributed by atoms with E-state index in [4.69, 9.17) is 11.6 Å². The summed E-state index contributed by atoms with van der Waals surface area (Å²) < 4.78 is 14.8. The standard InChI is InChI=1S/C23H20ClFN4O/c1-13-11-18(23(30)26-12-16-7-9-17(25)10-8-16)21-15(3)28-29(22(21)27-13)20-6-4-5-19(24)14(20)2/h4-11H,12H2,1-3H3,(H,26,30). The Balaban J connectivity index is 1.76. The fourth-order valence-electron chi connectivity index (χ4n) is 3.47. The molecule has 2 heterocycles. The number of hydrogen-bond acceptors (Lipinski definition) is 3. The fourth-order valence-corrected chi connectivity index (χ4v) is 3.64. The largest absolute Gasteiger partial charge is 0.348 e. The van der Waals surface area contributed by atoms with E-state index in [1.807, 2.05) is 39.0 Å². The zero-order valence-corrected chi connectivity index (χ0v) is 17.6. The Hall–Kier alpha value is -3.25. The second-order valence-electron chi connectivity index (χ2n) is 7.20. The predicted molar refractivity (Wildman–Crippen MR) is 116 cm³/mol. The minimum absolute atomic E-state index is 0.236. The molecule has 7 heteroatoms. The monoisotopic (exact) mass is 422 g/mol. The number of rotatable bonds is 4. The molecule has 0 fully saturated rings. The van der Waals surface area contributed by atoms with E-state index in [1.165, 1.54) is 12.1 Å². The van der Waals surface area contributed by atoms with E-state index in [-0.39, 0.29) is 11.7 Å². The van der Waals surface area contributed by atoms with Gasteiger partial charge in [0, 0.05) is 17.3 Å². The molecule has 5 nitrogen and oxygen atoms in total. The molecule has 30 heavy (non-hydrogen) atoms. The van der Waals surface area contributed by atoms with Crippen LogP contribution in [0, 0.1) is 26.6 Å². The third kappa shape index (κ3) is 3.66. The van der Waals surface area contributed by atoms with Crippen LogP contribution in [0.25, 0.3) is 16.7 Å². The lowest BCUT2D eigenvalue weighted by Crippen LogP contribution is -2.23. The molecule has 2 aromatic carbocycles. The SMILES string of the molecule is Cc1cc(C(=O)NCc2ccc(F)cc2)c2c(C)nn(-c3cccc(Cl)c3C)c2n1. The predicted octanol–water partition coefficient (Wildman–Crippen LogP) is 5.07. The highest BCUT2D eigenvalue weighted by Crippen LogP contribution is 2.28. The van der Waals surface area contributed by atoms with E-state index in [0.29, 0.717) is 39.6 Å². The smallest absolute Gasteiger partial charge is 0.252 e. The van der Waals surface area contributed by atoms with Crippen LogP contribution in [0.5, 0.6) is 0 Å². The van der Waals surface area contributed by atoms with Crippen molar-refractivity contribution >= 4 is 28.5 Å². The summed E-state index contributed by atoms with van der Waals surface area (Å²) in [5.41, 5.74) is 5.02. The number of nitrogens with one attached hydrogen (secondary N) is 1. The molecule has 1 N–H and O–H groups in total. The first-order valence-electron chi connectivity index (χ1n) is 9.50. The molecular formula is C23H20ClFN4O. The lowest BCUT2D eigenvalue weighted by molar-refractivity contribution is 0.0952. The summed E-state index contributed by atoms with van der Waals surface area (Å²) >= 11 is 6.29. The minimum atomic E-state index is -0.309. The summed E-state index contributed by atoms with van der Waals surface area (Å²) in [6, 6.07) is 13.4. The molecular weight excluding hydrogens is 403 g/mol. The van der Waals surface area contributed by atoms with Crippen LogP contribution in [0.2, 0.25) is 5.02 Å². The maximum Gasteiger partial charge on any atom is 0.252 e. The number of carbonyl (C=O) groups excluding carboxylic acids is 1. The van der Waals surface area contributed by atoms with Crippen molar-refractivity contribution in [3.05, 3.63) is 87.4 Å². The van der Waals surface area contributed by atoms with Crippen LogP contribution in [-0.4, -0.2) is 20.7 Å². The molecule has 0 aliphatic carbocycles. The van der Waals surface area contributed by atoms with Gasteiger partial charge in [-0.1, -0.05) is 29.8 Å². The average molecular weight is 423 g/mol. The Bertz CT molecular complexity index is 1260. The number of hydrogen-bond donors (Lipinski definition) is 1. The molecule has 1 amide bonds. The molecule has 0 bridgehead atoms. The Labute approximate surface area is 178 Å². The van der Waals surface area contributed by atoms with Gasteiger partial charge in [-0.15, -0.1) is 0 Å². The van der Waals surface area contributed by atoms with Crippen LogP contribution in [-0.2, 0) is 6.54 Å². The van der Waals surface area contributed by atoms with Crippen molar-refractivity contribution in [2.45, 2.75) is 27.3 Å². The summed E-state index contributed by atoms with van der Waals surface area (Å²) in [6.07, 6.45) is 0. The summed E-state index contributed by atoms with van der Waals surface area (Å²) in [5.74, 6) is -0.545. The summed E-state index contributed by atoms with van der Waals surface area (Å²) in [6.45, 7) is 5.91. The molecule has 0 aliphatic rings. The zero-order chi connectivity index (χ0) is 21.4. The van der Waals surface area contributed by atoms with Gasteiger partial charge in [-0.3, -0.25) is 4.79 Å². The third-order valence-electron chi connectivity index (χ3n) is 5.02. The first kappa shape index (κ1) is 20.0. The number of aryl methyl sites for hydroxylation is 2. The Morgan fingerprint density at radius 2 is 1.87 bits per heavy atom. The maximum atomic E-state index is 13.1. The number of carbonyl (C=O) groups is 1. The van der Waals surface area contributed by atoms with Gasteiger partial charge in [0.15, 0.2) is 5.65 Å². The lowest BCUT2D eigenvalue weighted by Gasteiger charge is -2.10. The van der Waals surface area contributed by atoms with Crippen LogP contribution in [0.15, 0.2) is 48.5 Å². The summed E-state index contributed by atoms with van der Waals surface area (Å²) in [4.78, 5) is 17.6. The maximum absolute atomic E-state index is 13.1. The number of benzene rings is 2. The van der Waals surface area contributed by atoms with Gasteiger partial charge in [0.05, 0.1) is 22.3 Å². The molecule has 0 unspecified atom stereocenters. The van der Waals surface area contributed by atoms with Crippen molar-refractivity contribution in [3.63, 3.8) is 0 Å². The topological polar surface area (TPSA) is 59.8 Å². The number of aromatic nitrogens is 3. The van der Waals surface area contributed by atoms with Crippen molar-refractivity contribution in [1.29, 1.82) is 0 Å². The average Bonchev–Trinajstić information content (AvgIpc) is 3.05. The zero-order valence-electron chi connectivity index (χ0n) is 16.8. The molecule has 0 aliphatic heterocycles. The second kappa shape index (κ2) is 7.88. The van der Waals surface area contributed by atoms with Crippen LogP contribution < -0.4 is 5.32 Å². The van der Waals surface area contributed by atoms with E-state index in [1.54, 1.807) is 22.9 Å². The van der Waals surface area contributed by atoms with E-state index in [0.717, 1.165) is 16.8 Å². The lowest BCUT2D eigenvalue weighted by atomic mass is 10.1. The first-order chi connectivity index (χ1) is 14.3. The molecule has 4 aromatic rings. The van der Waals surface area contributed by atoms with Gasteiger partial charge in [-0.05, 0) is 62.2 Å². The van der Waals surface area contributed by atoms with Gasteiger partial charge in [-0.25, -0.2) is 14.1 Å². The Morgan fingerprint density at radius 3 is 2.60 bits per heavy atom. The Morgan fingerprint density at radius 1 is 1.13 bits per heavy atom. The number of fused-ring (bicyclic) bond motifs is 1. The van der Waals surface area contributed by atoms with E-state index >= 15 is 0 Å². The highest BCUT2D eigenvalue weighted by molar-refractivity contribution is 6.31. The van der Waals surface area contributed by atoms with Crippen LogP contribution in [0.3, 0.4) is 0 Å². The second-order valence-corrected chi connectivity index (χ2v) is 7.61. The summed E-state index contributed by atoms with van der Waals surface area (Å²) in [5, 5.41) is 8.88. The molecule has 152 valence electrons. The first-order valence-corrected chi connectivity index (χ1v) is 9.88. The number of nitrogens with zero attached hydrogens (tertiary/aromatic N) is 3. The molecule has 0 atom stereocenters. The highest BCUT2D eigenvalue weighted by atomic mass is 35.5. The number of amides is 1. The van der Waals surface area contributed by atoms with Crippen molar-refractivity contribution in [3.8, 4) is 5.69 Å². The Kier molecular flexibility index (Phi) is 5.26. The van der Waals surface area contributed by atoms with Crippen molar-refractivity contribution in [2.24, 2.45) is 0 Å². The van der Waals surface area contributed by atoms with Gasteiger partial charge in [-0.2, -0.15) is 5.10 Å². The van der Waals surface area contributed by atoms with Crippen molar-refractivity contribution in [2.75, 3.05) is 0 Å². The normalized spacial score (nSPS) is 11.1. The van der Waals surface area contributed by atoms with Gasteiger partial charge < -0.3 is 5.32 Å². The fraction of sp³-hybridized carbons (Fsp3) is 0.174. The molecule has 2 aromatic heterocycles. The highest BCUT2D eigenvalue weighted by Gasteiger charge is 2.20. The molecule has 0 radical (unpaired) electrons. The van der Waals surface area contributed by atoms with E-state index in [2.05, 4.69) is 15.4 Å². The summed E-state index contributed by atoms with van der Waals surface area (Å²) in [7, 11) is 0. The van der Waals surface area contributed by atoms with E-state index < -0.39 is 0 Å². The molecule has 4 rings (SSSR count). The molecule has 0 spiro atoms. The van der Waals surface area contributed by atoms with E-state index in [9.17, 15) is 9.18 Å².